The molecule has 0 aliphatic rings. The number of halogens is 1. The maximum atomic E-state index is 6.13. The van der Waals surface area contributed by atoms with E-state index in [-0.39, 0.29) is 0 Å². The molecule has 106 valence electrons. The monoisotopic (exact) mass is 291 g/mol. The summed E-state index contributed by atoms with van der Waals surface area (Å²) in [5, 5.41) is 4.09. The molecule has 0 aliphatic heterocycles. The molecule has 20 heavy (non-hydrogen) atoms. The number of rotatable bonds is 6. The van der Waals surface area contributed by atoms with Gasteiger partial charge in [-0.05, 0) is 30.7 Å². The Balaban J connectivity index is 2.08. The van der Waals surface area contributed by atoms with Crippen LogP contribution in [0.15, 0.2) is 42.5 Å². The van der Waals surface area contributed by atoms with Crippen LogP contribution >= 0.6 is 11.6 Å². The second-order valence-corrected chi connectivity index (χ2v) is 4.65. The Labute approximate surface area is 124 Å². The van der Waals surface area contributed by atoms with Gasteiger partial charge in [0.25, 0.3) is 0 Å². The second-order valence-electron chi connectivity index (χ2n) is 4.24. The van der Waals surface area contributed by atoms with E-state index in [1.54, 1.807) is 7.11 Å². The molecule has 0 heterocycles. The molecule has 3 nitrogen and oxygen atoms in total. The first-order chi connectivity index (χ1) is 9.74. The van der Waals surface area contributed by atoms with Crippen LogP contribution in [0.2, 0.25) is 5.02 Å². The van der Waals surface area contributed by atoms with Crippen molar-refractivity contribution in [3.8, 4) is 11.5 Å². The lowest BCUT2D eigenvalue weighted by Crippen LogP contribution is -2.01. The quantitative estimate of drug-likeness (QED) is 0.858. The molecule has 2 aromatic rings. The fraction of sp³-hybridized carbons (Fsp3) is 0.250. The van der Waals surface area contributed by atoms with Crippen molar-refractivity contribution in [3.63, 3.8) is 0 Å². The summed E-state index contributed by atoms with van der Waals surface area (Å²) in [6, 6.07) is 13.6. The summed E-state index contributed by atoms with van der Waals surface area (Å²) in [5.74, 6) is 1.47. The van der Waals surface area contributed by atoms with Gasteiger partial charge in [-0.1, -0.05) is 29.8 Å². The minimum absolute atomic E-state index is 0.614. The summed E-state index contributed by atoms with van der Waals surface area (Å²) in [4.78, 5) is 0. The highest BCUT2D eigenvalue weighted by atomic mass is 35.5. The number of methoxy groups -OCH3 is 1. The molecule has 0 saturated heterocycles. The van der Waals surface area contributed by atoms with E-state index in [0.29, 0.717) is 13.2 Å². The Hall–Kier alpha value is -1.87. The summed E-state index contributed by atoms with van der Waals surface area (Å²) in [6.45, 7) is 3.22. The van der Waals surface area contributed by atoms with Crippen molar-refractivity contribution in [1.29, 1.82) is 0 Å². The molecule has 0 bridgehead atoms. The van der Waals surface area contributed by atoms with Gasteiger partial charge in [-0.2, -0.15) is 0 Å². The van der Waals surface area contributed by atoms with Crippen molar-refractivity contribution < 1.29 is 9.47 Å². The highest BCUT2D eigenvalue weighted by Gasteiger charge is 2.05. The summed E-state index contributed by atoms with van der Waals surface area (Å²) in [6.07, 6.45) is 0. The predicted molar refractivity (Wildman–Crippen MR) is 82.9 cm³/mol. The lowest BCUT2D eigenvalue weighted by molar-refractivity contribution is 0.311. The van der Waals surface area contributed by atoms with Gasteiger partial charge in [0.1, 0.15) is 0 Å². The lowest BCUT2D eigenvalue weighted by atomic mass is 10.2. The molecular weight excluding hydrogens is 274 g/mol. The Kier molecular flexibility index (Phi) is 5.13. The Morgan fingerprint density at radius 2 is 1.90 bits per heavy atom. The summed E-state index contributed by atoms with van der Waals surface area (Å²) in [7, 11) is 1.63. The molecule has 0 fully saturated rings. The molecule has 1 N–H and O–H groups in total. The fourth-order valence-corrected chi connectivity index (χ4v) is 2.09. The van der Waals surface area contributed by atoms with E-state index < -0.39 is 0 Å². The number of benzene rings is 2. The van der Waals surface area contributed by atoms with Gasteiger partial charge in [0.2, 0.25) is 0 Å². The van der Waals surface area contributed by atoms with Crippen LogP contribution in [0.25, 0.3) is 0 Å². The van der Waals surface area contributed by atoms with Crippen LogP contribution in [0.3, 0.4) is 0 Å². The number of ether oxygens (including phenoxy) is 2. The van der Waals surface area contributed by atoms with Crippen LogP contribution in [0.1, 0.15) is 12.5 Å². The van der Waals surface area contributed by atoms with Crippen molar-refractivity contribution in [1.82, 2.24) is 0 Å². The minimum atomic E-state index is 0.614. The number of hydrogen-bond donors (Lipinski definition) is 1. The van der Waals surface area contributed by atoms with E-state index in [4.69, 9.17) is 21.1 Å². The van der Waals surface area contributed by atoms with Crippen LogP contribution in [0.5, 0.6) is 11.5 Å². The Morgan fingerprint density at radius 1 is 1.10 bits per heavy atom. The van der Waals surface area contributed by atoms with Gasteiger partial charge in [0, 0.05) is 23.3 Å². The average Bonchev–Trinajstić information content (AvgIpc) is 2.48. The number of hydrogen-bond acceptors (Lipinski definition) is 3. The minimum Gasteiger partial charge on any atom is -0.493 e. The topological polar surface area (TPSA) is 30.5 Å². The summed E-state index contributed by atoms with van der Waals surface area (Å²) >= 11 is 6.13. The van der Waals surface area contributed by atoms with Crippen molar-refractivity contribution in [3.05, 3.63) is 53.1 Å². The van der Waals surface area contributed by atoms with E-state index in [1.807, 2.05) is 49.4 Å². The zero-order valence-electron chi connectivity index (χ0n) is 11.7. The molecule has 0 saturated carbocycles. The summed E-state index contributed by atoms with van der Waals surface area (Å²) in [5.41, 5.74) is 2.02. The Bertz CT molecular complexity index is 572. The van der Waals surface area contributed by atoms with Gasteiger partial charge in [0.15, 0.2) is 11.5 Å². The molecule has 0 aliphatic carbocycles. The first-order valence-corrected chi connectivity index (χ1v) is 6.90. The first kappa shape index (κ1) is 14.5. The van der Waals surface area contributed by atoms with Crippen molar-refractivity contribution in [2.75, 3.05) is 19.0 Å². The fourth-order valence-electron chi connectivity index (χ4n) is 1.89. The zero-order chi connectivity index (χ0) is 14.4. The predicted octanol–water partition coefficient (Wildman–Crippen LogP) is 4.36. The Morgan fingerprint density at radius 3 is 2.60 bits per heavy atom. The van der Waals surface area contributed by atoms with Crippen LogP contribution in [0, 0.1) is 0 Å². The van der Waals surface area contributed by atoms with Gasteiger partial charge in [0.05, 0.1) is 13.7 Å². The van der Waals surface area contributed by atoms with Gasteiger partial charge >= 0.3 is 0 Å². The SMILES string of the molecule is CCOc1ccc(NCc2ccccc2Cl)cc1OC. The van der Waals surface area contributed by atoms with E-state index in [9.17, 15) is 0 Å². The van der Waals surface area contributed by atoms with E-state index in [2.05, 4.69) is 5.32 Å². The highest BCUT2D eigenvalue weighted by Crippen LogP contribution is 2.30. The van der Waals surface area contributed by atoms with Gasteiger partial charge in [-0.25, -0.2) is 0 Å². The second kappa shape index (κ2) is 7.06. The van der Waals surface area contributed by atoms with Crippen molar-refractivity contribution >= 4 is 17.3 Å². The molecule has 0 unspecified atom stereocenters. The third-order valence-corrected chi connectivity index (χ3v) is 3.27. The van der Waals surface area contributed by atoms with E-state index in [0.717, 1.165) is 27.8 Å². The maximum Gasteiger partial charge on any atom is 0.162 e. The summed E-state index contributed by atoms with van der Waals surface area (Å²) < 4.78 is 10.8. The van der Waals surface area contributed by atoms with Crippen LogP contribution in [0.4, 0.5) is 5.69 Å². The average molecular weight is 292 g/mol. The zero-order valence-corrected chi connectivity index (χ0v) is 12.4. The maximum absolute atomic E-state index is 6.13. The van der Waals surface area contributed by atoms with E-state index >= 15 is 0 Å². The highest BCUT2D eigenvalue weighted by molar-refractivity contribution is 6.31. The van der Waals surface area contributed by atoms with E-state index in [1.165, 1.54) is 0 Å². The molecule has 0 spiro atoms. The number of nitrogens with one attached hydrogen (secondary N) is 1. The molecular formula is C16H18ClNO2. The standard InChI is InChI=1S/C16H18ClNO2/c1-3-20-15-9-8-13(10-16(15)19-2)18-11-12-6-4-5-7-14(12)17/h4-10,18H,3,11H2,1-2H3. The molecule has 0 atom stereocenters. The number of anilines is 1. The normalized spacial score (nSPS) is 10.2. The molecule has 4 heteroatoms. The van der Waals surface area contributed by atoms with Crippen molar-refractivity contribution in [2.45, 2.75) is 13.5 Å². The molecule has 2 rings (SSSR count). The molecule has 2 aromatic carbocycles. The third kappa shape index (κ3) is 3.58. The third-order valence-electron chi connectivity index (χ3n) is 2.90. The largest absolute Gasteiger partial charge is 0.493 e. The first-order valence-electron chi connectivity index (χ1n) is 6.52. The van der Waals surface area contributed by atoms with Gasteiger partial charge < -0.3 is 14.8 Å². The molecule has 0 amide bonds. The van der Waals surface area contributed by atoms with Crippen molar-refractivity contribution in [2.24, 2.45) is 0 Å². The molecule has 0 aromatic heterocycles. The van der Waals surface area contributed by atoms with Gasteiger partial charge in [-0.3, -0.25) is 0 Å². The van der Waals surface area contributed by atoms with Gasteiger partial charge in [-0.15, -0.1) is 0 Å². The lowest BCUT2D eigenvalue weighted by Gasteiger charge is -2.12. The van der Waals surface area contributed by atoms with Crippen LogP contribution < -0.4 is 14.8 Å². The van der Waals surface area contributed by atoms with Crippen LogP contribution in [-0.4, -0.2) is 13.7 Å². The van der Waals surface area contributed by atoms with Crippen LogP contribution in [-0.2, 0) is 6.54 Å². The smallest absolute Gasteiger partial charge is 0.162 e. The molecule has 0 radical (unpaired) electrons.